The normalized spacial score (nSPS) is 12.9. The van der Waals surface area contributed by atoms with Crippen molar-refractivity contribution in [1.82, 2.24) is 9.78 Å². The van der Waals surface area contributed by atoms with Crippen LogP contribution in [-0.4, -0.2) is 15.7 Å². The van der Waals surface area contributed by atoms with Gasteiger partial charge in [0.15, 0.2) is 0 Å². The molecule has 5 heteroatoms. The largest absolute Gasteiger partial charge is 0.322 e. The molecule has 0 saturated carbocycles. The molecular weight excluding hydrogens is 358 g/mol. The van der Waals surface area contributed by atoms with Gasteiger partial charge < -0.3 is 5.32 Å². The van der Waals surface area contributed by atoms with Gasteiger partial charge in [0.05, 0.1) is 17.8 Å². The molecule has 4 rings (SSSR count). The van der Waals surface area contributed by atoms with Crippen LogP contribution in [0, 0.1) is 13.8 Å². The van der Waals surface area contributed by atoms with Crippen LogP contribution in [-0.2, 0) is 19.4 Å². The number of hydrogen-bond donors (Lipinski definition) is 1. The molecule has 0 atom stereocenters. The van der Waals surface area contributed by atoms with Crippen molar-refractivity contribution < 1.29 is 4.79 Å². The fourth-order valence-corrected chi connectivity index (χ4v) is 3.95. The zero-order valence-corrected chi connectivity index (χ0v) is 16.3. The summed E-state index contributed by atoms with van der Waals surface area (Å²) in [5.74, 6) is -0.217. The fraction of sp³-hybridized carbons (Fsp3) is 0.273. The number of fused-ring (bicyclic) bond motifs is 1. The van der Waals surface area contributed by atoms with Crippen molar-refractivity contribution in [3.63, 3.8) is 0 Å². The Morgan fingerprint density at radius 1 is 1.11 bits per heavy atom. The number of carbonyl (C=O) groups is 1. The molecule has 1 aromatic heterocycles. The van der Waals surface area contributed by atoms with Crippen LogP contribution in [0.5, 0.6) is 0 Å². The van der Waals surface area contributed by atoms with Crippen LogP contribution < -0.4 is 5.32 Å². The van der Waals surface area contributed by atoms with E-state index in [9.17, 15) is 4.79 Å². The summed E-state index contributed by atoms with van der Waals surface area (Å²) in [4.78, 5) is 12.8. The summed E-state index contributed by atoms with van der Waals surface area (Å²) in [6, 6.07) is 14.3. The van der Waals surface area contributed by atoms with Gasteiger partial charge in [0.1, 0.15) is 5.15 Å². The van der Waals surface area contributed by atoms with Gasteiger partial charge in [0.25, 0.3) is 5.91 Å². The average Bonchev–Trinajstić information content (AvgIpc) is 3.21. The molecule has 1 N–H and O–H groups in total. The Balaban J connectivity index is 1.55. The van der Waals surface area contributed by atoms with Gasteiger partial charge in [-0.2, -0.15) is 5.10 Å². The van der Waals surface area contributed by atoms with Crippen molar-refractivity contribution in [3.8, 4) is 0 Å². The maximum absolute atomic E-state index is 12.8. The van der Waals surface area contributed by atoms with Crippen molar-refractivity contribution >= 4 is 23.2 Å². The van der Waals surface area contributed by atoms with E-state index in [0.717, 1.165) is 24.1 Å². The van der Waals surface area contributed by atoms with Crippen LogP contribution >= 0.6 is 11.6 Å². The lowest BCUT2D eigenvalue weighted by Gasteiger charge is -2.08. The first-order valence-corrected chi connectivity index (χ1v) is 9.60. The minimum Gasteiger partial charge on any atom is -0.322 e. The highest BCUT2D eigenvalue weighted by Gasteiger charge is 2.21. The Hall–Kier alpha value is -2.59. The molecule has 4 nitrogen and oxygen atoms in total. The zero-order valence-electron chi connectivity index (χ0n) is 15.6. The topological polar surface area (TPSA) is 46.9 Å². The molecule has 0 radical (unpaired) electrons. The van der Waals surface area contributed by atoms with E-state index in [1.54, 1.807) is 4.68 Å². The van der Waals surface area contributed by atoms with Crippen LogP contribution in [0.15, 0.2) is 42.5 Å². The number of aromatic nitrogens is 2. The number of nitrogens with one attached hydrogen (secondary N) is 1. The standard InChI is InChI=1S/C22H22ClN3O/c1-14-6-8-16(9-7-14)13-26-21(23)20(15(2)25-26)22(27)24-19-11-10-17-4-3-5-18(17)12-19/h6-12H,3-5,13H2,1-2H3,(H,24,27). The molecule has 0 saturated heterocycles. The molecule has 1 heterocycles. The Morgan fingerprint density at radius 2 is 1.85 bits per heavy atom. The first-order valence-electron chi connectivity index (χ1n) is 9.23. The molecule has 3 aromatic rings. The van der Waals surface area contributed by atoms with E-state index in [-0.39, 0.29) is 5.91 Å². The molecular formula is C22H22ClN3O. The second-order valence-corrected chi connectivity index (χ2v) is 7.54. The van der Waals surface area contributed by atoms with Crippen LogP contribution in [0.3, 0.4) is 0 Å². The first-order chi connectivity index (χ1) is 13.0. The Bertz CT molecular complexity index is 1010. The van der Waals surface area contributed by atoms with Crippen molar-refractivity contribution in [2.24, 2.45) is 0 Å². The molecule has 1 aliphatic carbocycles. The maximum Gasteiger partial charge on any atom is 0.260 e. The third-order valence-corrected chi connectivity index (χ3v) is 5.49. The average molecular weight is 380 g/mol. The highest BCUT2D eigenvalue weighted by molar-refractivity contribution is 6.33. The highest BCUT2D eigenvalue weighted by atomic mass is 35.5. The summed E-state index contributed by atoms with van der Waals surface area (Å²) in [7, 11) is 0. The van der Waals surface area contributed by atoms with Gasteiger partial charge in [-0.1, -0.05) is 47.5 Å². The molecule has 27 heavy (non-hydrogen) atoms. The zero-order chi connectivity index (χ0) is 19.0. The molecule has 138 valence electrons. The van der Waals surface area contributed by atoms with Crippen LogP contribution in [0.25, 0.3) is 0 Å². The SMILES string of the molecule is Cc1ccc(Cn2nc(C)c(C(=O)Nc3ccc4c(c3)CCC4)c2Cl)cc1. The third kappa shape index (κ3) is 3.62. The second kappa shape index (κ2) is 7.20. The van der Waals surface area contributed by atoms with E-state index in [4.69, 9.17) is 11.6 Å². The number of halogens is 1. The molecule has 0 bridgehead atoms. The van der Waals surface area contributed by atoms with Gasteiger partial charge in [-0.15, -0.1) is 0 Å². The summed E-state index contributed by atoms with van der Waals surface area (Å²) in [5, 5.41) is 7.82. The maximum atomic E-state index is 12.8. The number of aryl methyl sites for hydroxylation is 4. The minimum atomic E-state index is -0.217. The van der Waals surface area contributed by atoms with Crippen LogP contribution in [0.4, 0.5) is 5.69 Å². The van der Waals surface area contributed by atoms with E-state index >= 15 is 0 Å². The molecule has 0 unspecified atom stereocenters. The van der Waals surface area contributed by atoms with E-state index in [2.05, 4.69) is 41.6 Å². The van der Waals surface area contributed by atoms with E-state index in [0.29, 0.717) is 23.0 Å². The van der Waals surface area contributed by atoms with E-state index in [1.165, 1.54) is 23.1 Å². The first kappa shape index (κ1) is 17.8. The number of amides is 1. The monoisotopic (exact) mass is 379 g/mol. The number of nitrogens with zero attached hydrogens (tertiary/aromatic N) is 2. The highest BCUT2D eigenvalue weighted by Crippen LogP contribution is 2.26. The predicted molar refractivity (Wildman–Crippen MR) is 109 cm³/mol. The van der Waals surface area contributed by atoms with Gasteiger partial charge in [-0.3, -0.25) is 4.79 Å². The smallest absolute Gasteiger partial charge is 0.260 e. The van der Waals surface area contributed by atoms with Crippen molar-refractivity contribution in [1.29, 1.82) is 0 Å². The number of anilines is 1. The summed E-state index contributed by atoms with van der Waals surface area (Å²) in [6.45, 7) is 4.40. The van der Waals surface area contributed by atoms with Crippen molar-refractivity contribution in [2.45, 2.75) is 39.7 Å². The lowest BCUT2D eigenvalue weighted by molar-refractivity contribution is 0.102. The minimum absolute atomic E-state index is 0.217. The predicted octanol–water partition coefficient (Wildman–Crippen LogP) is 4.94. The van der Waals surface area contributed by atoms with Crippen molar-refractivity contribution in [3.05, 3.63) is 81.1 Å². The molecule has 0 fully saturated rings. The second-order valence-electron chi connectivity index (χ2n) is 7.19. The number of hydrogen-bond acceptors (Lipinski definition) is 2. The summed E-state index contributed by atoms with van der Waals surface area (Å²) >= 11 is 6.51. The summed E-state index contributed by atoms with van der Waals surface area (Å²) in [6.07, 6.45) is 3.39. The van der Waals surface area contributed by atoms with E-state index < -0.39 is 0 Å². The molecule has 0 spiro atoms. The number of benzene rings is 2. The lowest BCUT2D eigenvalue weighted by atomic mass is 10.1. The number of rotatable bonds is 4. The lowest BCUT2D eigenvalue weighted by Crippen LogP contribution is -2.13. The Kier molecular flexibility index (Phi) is 4.75. The fourth-order valence-electron chi connectivity index (χ4n) is 3.63. The van der Waals surface area contributed by atoms with Gasteiger partial charge in [-0.25, -0.2) is 4.68 Å². The molecule has 1 amide bonds. The van der Waals surface area contributed by atoms with Crippen molar-refractivity contribution in [2.75, 3.05) is 5.32 Å². The van der Waals surface area contributed by atoms with Crippen LogP contribution in [0.2, 0.25) is 5.15 Å². The summed E-state index contributed by atoms with van der Waals surface area (Å²) in [5.41, 5.74) is 6.88. The number of carbonyl (C=O) groups excluding carboxylic acids is 1. The quantitative estimate of drug-likeness (QED) is 0.697. The third-order valence-electron chi connectivity index (χ3n) is 5.10. The Morgan fingerprint density at radius 3 is 2.63 bits per heavy atom. The Labute approximate surface area is 164 Å². The van der Waals surface area contributed by atoms with Gasteiger partial charge in [-0.05, 0) is 61.9 Å². The van der Waals surface area contributed by atoms with E-state index in [1.807, 2.05) is 25.1 Å². The van der Waals surface area contributed by atoms with Gasteiger partial charge >= 0.3 is 0 Å². The van der Waals surface area contributed by atoms with Gasteiger partial charge in [0.2, 0.25) is 0 Å². The van der Waals surface area contributed by atoms with Crippen LogP contribution in [0.1, 0.15) is 44.7 Å². The summed E-state index contributed by atoms with van der Waals surface area (Å²) < 4.78 is 1.68. The molecule has 2 aromatic carbocycles. The molecule has 0 aliphatic heterocycles. The van der Waals surface area contributed by atoms with Gasteiger partial charge in [0, 0.05) is 5.69 Å². The molecule has 1 aliphatic rings.